The minimum Gasteiger partial charge on any atom is -0.371 e. The number of carbonyl (C=O) groups is 1. The van der Waals surface area contributed by atoms with Gasteiger partial charge in [-0.15, -0.1) is 0 Å². The van der Waals surface area contributed by atoms with E-state index >= 15 is 0 Å². The monoisotopic (exact) mass is 278 g/mol. The summed E-state index contributed by atoms with van der Waals surface area (Å²) in [5.74, 6) is 0.209. The molecule has 5 nitrogen and oxygen atoms in total. The smallest absolute Gasteiger partial charge is 0.245 e. The number of amides is 1. The number of nitrogens with zero attached hydrogens (tertiary/aromatic N) is 3. The first-order valence-corrected chi connectivity index (χ1v) is 7.75. The lowest BCUT2D eigenvalue weighted by molar-refractivity contribution is -0.135. The molecule has 2 rings (SSSR count). The van der Waals surface area contributed by atoms with E-state index in [1.165, 1.54) is 6.42 Å². The van der Waals surface area contributed by atoms with Gasteiger partial charge in [-0.25, -0.2) is 0 Å². The molecule has 0 bridgehead atoms. The number of hydrogen-bond donors (Lipinski definition) is 1. The van der Waals surface area contributed by atoms with Crippen molar-refractivity contribution in [2.75, 3.05) is 11.9 Å². The van der Waals surface area contributed by atoms with Gasteiger partial charge >= 0.3 is 0 Å². The van der Waals surface area contributed by atoms with Gasteiger partial charge in [-0.2, -0.15) is 5.10 Å². The number of aryl methyl sites for hydroxylation is 1. The fourth-order valence-corrected chi connectivity index (χ4v) is 2.89. The zero-order valence-corrected chi connectivity index (χ0v) is 12.8. The van der Waals surface area contributed by atoms with Gasteiger partial charge in [0.2, 0.25) is 5.91 Å². The van der Waals surface area contributed by atoms with Crippen molar-refractivity contribution in [2.45, 2.75) is 65.1 Å². The van der Waals surface area contributed by atoms with Crippen molar-refractivity contribution in [1.82, 2.24) is 14.7 Å². The summed E-state index contributed by atoms with van der Waals surface area (Å²) in [6.07, 6.45) is 8.28. The predicted octanol–water partition coefficient (Wildman–Crippen LogP) is 2.49. The van der Waals surface area contributed by atoms with E-state index in [1.807, 2.05) is 24.7 Å². The van der Waals surface area contributed by atoms with Gasteiger partial charge < -0.3 is 10.2 Å². The van der Waals surface area contributed by atoms with Crippen LogP contribution in [0.2, 0.25) is 0 Å². The zero-order chi connectivity index (χ0) is 14.5. The fourth-order valence-electron chi connectivity index (χ4n) is 2.89. The molecule has 1 aromatic heterocycles. The minimum absolute atomic E-state index is 0.198. The van der Waals surface area contributed by atoms with Gasteiger partial charge in [0.05, 0.1) is 11.9 Å². The third-order valence-corrected chi connectivity index (χ3v) is 4.09. The lowest BCUT2D eigenvalue weighted by Gasteiger charge is -2.37. The molecule has 1 aromatic rings. The van der Waals surface area contributed by atoms with E-state index in [0.29, 0.717) is 6.04 Å². The van der Waals surface area contributed by atoms with Crippen molar-refractivity contribution in [3.63, 3.8) is 0 Å². The topological polar surface area (TPSA) is 50.2 Å². The molecule has 2 unspecified atom stereocenters. The molecule has 1 aliphatic heterocycles. The van der Waals surface area contributed by atoms with Crippen LogP contribution in [0.15, 0.2) is 12.4 Å². The maximum absolute atomic E-state index is 12.6. The van der Waals surface area contributed by atoms with E-state index in [4.69, 9.17) is 0 Å². The Morgan fingerprint density at radius 2 is 2.30 bits per heavy atom. The molecule has 0 saturated carbocycles. The van der Waals surface area contributed by atoms with Crippen LogP contribution in [-0.2, 0) is 11.3 Å². The normalized spacial score (nSPS) is 20.8. The molecule has 0 aromatic carbocycles. The van der Waals surface area contributed by atoms with Crippen molar-refractivity contribution in [2.24, 2.45) is 0 Å². The maximum atomic E-state index is 12.6. The Kier molecular flexibility index (Phi) is 5.04. The van der Waals surface area contributed by atoms with E-state index in [1.54, 1.807) is 6.20 Å². The highest BCUT2D eigenvalue weighted by atomic mass is 16.2. The number of carbonyl (C=O) groups excluding carboxylic acids is 1. The lowest BCUT2D eigenvalue weighted by atomic mass is 9.99. The quantitative estimate of drug-likeness (QED) is 0.900. The zero-order valence-electron chi connectivity index (χ0n) is 12.8. The van der Waals surface area contributed by atoms with Gasteiger partial charge in [0.1, 0.15) is 6.04 Å². The molecule has 1 amide bonds. The molecule has 5 heteroatoms. The molecule has 1 fully saturated rings. The summed E-state index contributed by atoms with van der Waals surface area (Å²) in [6.45, 7) is 7.89. The standard InChI is InChI=1S/C15H26N4O/c1-4-14-8-6-7-9-19(14)15(20)12(3)17-13-10-16-18(5-2)11-13/h10-12,14,17H,4-9H2,1-3H3. The third-order valence-electron chi connectivity index (χ3n) is 4.09. The Bertz CT molecular complexity index is 443. The number of anilines is 1. The molecule has 0 radical (unpaired) electrons. The Balaban J connectivity index is 1.96. The number of nitrogens with one attached hydrogen (secondary N) is 1. The maximum Gasteiger partial charge on any atom is 0.245 e. The molecule has 0 aliphatic carbocycles. The molecule has 112 valence electrons. The molecular formula is C15H26N4O. The Hall–Kier alpha value is -1.52. The molecular weight excluding hydrogens is 252 g/mol. The van der Waals surface area contributed by atoms with E-state index in [9.17, 15) is 4.79 Å². The Labute approximate surface area is 121 Å². The van der Waals surface area contributed by atoms with Crippen molar-refractivity contribution >= 4 is 11.6 Å². The van der Waals surface area contributed by atoms with E-state index in [0.717, 1.165) is 38.0 Å². The second-order valence-electron chi connectivity index (χ2n) is 5.54. The minimum atomic E-state index is -0.198. The first-order valence-electron chi connectivity index (χ1n) is 7.75. The van der Waals surface area contributed by atoms with Crippen LogP contribution in [0.4, 0.5) is 5.69 Å². The van der Waals surface area contributed by atoms with Crippen LogP contribution in [0.25, 0.3) is 0 Å². The first-order chi connectivity index (χ1) is 9.65. The first kappa shape index (κ1) is 14.9. The molecule has 1 saturated heterocycles. The molecule has 1 aliphatic rings. The van der Waals surface area contributed by atoms with Crippen molar-refractivity contribution in [3.05, 3.63) is 12.4 Å². The number of rotatable bonds is 5. The van der Waals surface area contributed by atoms with Crippen molar-refractivity contribution < 1.29 is 4.79 Å². The van der Waals surface area contributed by atoms with Gasteiger partial charge in [-0.1, -0.05) is 6.92 Å². The van der Waals surface area contributed by atoms with Crippen LogP contribution in [0.1, 0.15) is 46.5 Å². The predicted molar refractivity (Wildman–Crippen MR) is 80.6 cm³/mol. The average Bonchev–Trinajstić information content (AvgIpc) is 2.94. The number of hydrogen-bond acceptors (Lipinski definition) is 3. The lowest BCUT2D eigenvalue weighted by Crippen LogP contribution is -2.49. The molecule has 0 spiro atoms. The average molecular weight is 278 g/mol. The largest absolute Gasteiger partial charge is 0.371 e. The van der Waals surface area contributed by atoms with Gasteiger partial charge in [0.25, 0.3) is 0 Å². The molecule has 1 N–H and O–H groups in total. The summed E-state index contributed by atoms with van der Waals surface area (Å²) in [4.78, 5) is 14.6. The van der Waals surface area contributed by atoms with Crippen LogP contribution >= 0.6 is 0 Å². The van der Waals surface area contributed by atoms with Gasteiger partial charge in [0.15, 0.2) is 0 Å². The second kappa shape index (κ2) is 6.77. The van der Waals surface area contributed by atoms with Crippen LogP contribution in [0, 0.1) is 0 Å². The number of aromatic nitrogens is 2. The second-order valence-corrected chi connectivity index (χ2v) is 5.54. The summed E-state index contributed by atoms with van der Waals surface area (Å²) in [5, 5.41) is 7.48. The van der Waals surface area contributed by atoms with Crippen LogP contribution < -0.4 is 5.32 Å². The van der Waals surface area contributed by atoms with E-state index < -0.39 is 0 Å². The molecule has 2 heterocycles. The van der Waals surface area contributed by atoms with Crippen LogP contribution in [-0.4, -0.2) is 39.2 Å². The van der Waals surface area contributed by atoms with Gasteiger partial charge in [0, 0.05) is 25.3 Å². The Morgan fingerprint density at radius 3 is 2.95 bits per heavy atom. The van der Waals surface area contributed by atoms with Gasteiger partial charge in [-0.05, 0) is 39.5 Å². The SMILES string of the molecule is CCC1CCCCN1C(=O)C(C)Nc1cnn(CC)c1. The number of piperidine rings is 1. The fraction of sp³-hybridized carbons (Fsp3) is 0.733. The summed E-state index contributed by atoms with van der Waals surface area (Å²) < 4.78 is 1.86. The molecule has 20 heavy (non-hydrogen) atoms. The highest BCUT2D eigenvalue weighted by molar-refractivity contribution is 5.84. The molecule has 2 atom stereocenters. The highest BCUT2D eigenvalue weighted by Gasteiger charge is 2.28. The van der Waals surface area contributed by atoms with Crippen LogP contribution in [0.5, 0.6) is 0 Å². The Morgan fingerprint density at radius 1 is 1.50 bits per heavy atom. The van der Waals surface area contributed by atoms with Crippen LogP contribution in [0.3, 0.4) is 0 Å². The summed E-state index contributed by atoms with van der Waals surface area (Å²) >= 11 is 0. The van der Waals surface area contributed by atoms with Crippen molar-refractivity contribution in [3.8, 4) is 0 Å². The summed E-state index contributed by atoms with van der Waals surface area (Å²) in [6, 6.07) is 0.218. The van der Waals surface area contributed by atoms with E-state index in [2.05, 4.69) is 22.2 Å². The van der Waals surface area contributed by atoms with Crippen molar-refractivity contribution in [1.29, 1.82) is 0 Å². The number of likely N-dealkylation sites (tertiary alicyclic amines) is 1. The third kappa shape index (κ3) is 3.32. The van der Waals surface area contributed by atoms with Gasteiger partial charge in [-0.3, -0.25) is 9.48 Å². The summed E-state index contributed by atoms with van der Waals surface area (Å²) in [7, 11) is 0. The highest BCUT2D eigenvalue weighted by Crippen LogP contribution is 2.21. The summed E-state index contributed by atoms with van der Waals surface area (Å²) in [5.41, 5.74) is 0.915. The van der Waals surface area contributed by atoms with E-state index in [-0.39, 0.29) is 11.9 Å².